The molecule has 0 radical (unpaired) electrons. The van der Waals surface area contributed by atoms with E-state index in [1.165, 1.54) is 51.9 Å². The molecule has 2 amide bonds. The standard InChI is InChI=1S/C26H27N3O7S2/c1-26(2)21(24(31)36-4)28-22(37-26)20(23(30)35-3)27(25(28)32)15-17-14-16-10-8-9-13-19(16)29(17)38(33,34)18-11-6-5-7-12-18/h5-14,20-22H,15H2,1-4H3/t20-,21?,22+/m0/s1. The molecule has 2 fully saturated rings. The fourth-order valence-corrected chi connectivity index (χ4v) is 8.49. The zero-order valence-electron chi connectivity index (χ0n) is 21.2. The van der Waals surface area contributed by atoms with E-state index >= 15 is 0 Å². The smallest absolute Gasteiger partial charge is 0.331 e. The molecule has 12 heteroatoms. The monoisotopic (exact) mass is 557 g/mol. The number of nitrogens with zero attached hydrogens (tertiary/aromatic N) is 3. The van der Waals surface area contributed by atoms with Crippen LogP contribution in [-0.2, 0) is 35.6 Å². The lowest BCUT2D eigenvalue weighted by Crippen LogP contribution is -2.50. The summed E-state index contributed by atoms with van der Waals surface area (Å²) in [6.45, 7) is 3.42. The van der Waals surface area contributed by atoms with E-state index in [0.29, 0.717) is 10.9 Å². The van der Waals surface area contributed by atoms with E-state index in [1.54, 1.807) is 48.5 Å². The minimum atomic E-state index is -4.05. The van der Waals surface area contributed by atoms with Crippen molar-refractivity contribution >= 4 is 50.7 Å². The van der Waals surface area contributed by atoms with Gasteiger partial charge >= 0.3 is 18.0 Å². The number of ether oxygens (including phenoxy) is 2. The molecule has 3 atom stereocenters. The number of carbonyl (C=O) groups is 3. The van der Waals surface area contributed by atoms with Crippen LogP contribution in [-0.4, -0.2) is 76.6 Å². The summed E-state index contributed by atoms with van der Waals surface area (Å²) in [5.41, 5.74) is 0.730. The number of para-hydroxylation sites is 1. The Balaban J connectivity index is 1.63. The lowest BCUT2D eigenvalue weighted by atomic mass is 10.0. The number of hydrogen-bond donors (Lipinski definition) is 0. The molecule has 2 aliphatic heterocycles. The number of fused-ring (bicyclic) bond motifs is 2. The van der Waals surface area contributed by atoms with Gasteiger partial charge in [-0.05, 0) is 38.1 Å². The van der Waals surface area contributed by atoms with Gasteiger partial charge in [-0.2, -0.15) is 0 Å². The molecule has 2 aromatic carbocycles. The van der Waals surface area contributed by atoms with Gasteiger partial charge in [0.25, 0.3) is 10.0 Å². The van der Waals surface area contributed by atoms with Crippen LogP contribution in [0.2, 0.25) is 0 Å². The van der Waals surface area contributed by atoms with Crippen LogP contribution in [0.1, 0.15) is 19.5 Å². The molecule has 2 saturated heterocycles. The van der Waals surface area contributed by atoms with Crippen molar-refractivity contribution in [3.63, 3.8) is 0 Å². The van der Waals surface area contributed by atoms with Gasteiger partial charge in [0.05, 0.1) is 36.9 Å². The number of benzene rings is 2. The predicted molar refractivity (Wildman–Crippen MR) is 141 cm³/mol. The summed E-state index contributed by atoms with van der Waals surface area (Å²) < 4.78 is 38.2. The second-order valence-electron chi connectivity index (χ2n) is 9.60. The first-order chi connectivity index (χ1) is 18.0. The lowest BCUT2D eigenvalue weighted by Gasteiger charge is -2.30. The average molecular weight is 558 g/mol. The summed E-state index contributed by atoms with van der Waals surface area (Å²) in [4.78, 5) is 42.4. The van der Waals surface area contributed by atoms with Gasteiger partial charge in [0.1, 0.15) is 11.4 Å². The highest BCUT2D eigenvalue weighted by Gasteiger charge is 2.64. The second kappa shape index (κ2) is 9.35. The van der Waals surface area contributed by atoms with E-state index in [1.807, 2.05) is 13.8 Å². The Labute approximate surface area is 224 Å². The van der Waals surface area contributed by atoms with Crippen molar-refractivity contribution in [2.24, 2.45) is 0 Å². The number of thioether (sulfide) groups is 1. The Bertz CT molecular complexity index is 1530. The van der Waals surface area contributed by atoms with Crippen LogP contribution in [0.4, 0.5) is 4.79 Å². The number of carbonyl (C=O) groups excluding carboxylic acids is 3. The number of aromatic nitrogens is 1. The van der Waals surface area contributed by atoms with Gasteiger partial charge < -0.3 is 14.4 Å². The predicted octanol–water partition coefficient (Wildman–Crippen LogP) is 3.05. The first-order valence-electron chi connectivity index (χ1n) is 11.9. The van der Waals surface area contributed by atoms with E-state index in [-0.39, 0.29) is 17.1 Å². The summed E-state index contributed by atoms with van der Waals surface area (Å²) in [5, 5.41) is -0.0654. The van der Waals surface area contributed by atoms with Crippen molar-refractivity contribution in [2.75, 3.05) is 14.2 Å². The molecule has 38 heavy (non-hydrogen) atoms. The van der Waals surface area contributed by atoms with Crippen LogP contribution < -0.4 is 0 Å². The molecule has 3 heterocycles. The van der Waals surface area contributed by atoms with E-state index in [0.717, 1.165) is 0 Å². The van der Waals surface area contributed by atoms with Crippen LogP contribution in [0, 0.1) is 0 Å². The fraction of sp³-hybridized carbons (Fsp3) is 0.346. The third kappa shape index (κ3) is 3.93. The second-order valence-corrected chi connectivity index (χ2v) is 13.2. The zero-order chi connectivity index (χ0) is 27.4. The van der Waals surface area contributed by atoms with Crippen molar-refractivity contribution in [2.45, 2.75) is 47.5 Å². The van der Waals surface area contributed by atoms with E-state index in [2.05, 4.69) is 0 Å². The van der Waals surface area contributed by atoms with Crippen LogP contribution in [0.5, 0.6) is 0 Å². The maximum Gasteiger partial charge on any atom is 0.331 e. The Morgan fingerprint density at radius 3 is 2.26 bits per heavy atom. The Morgan fingerprint density at radius 1 is 0.974 bits per heavy atom. The molecular weight excluding hydrogens is 530 g/mol. The molecule has 0 spiro atoms. The molecule has 1 aromatic heterocycles. The van der Waals surface area contributed by atoms with E-state index < -0.39 is 50.2 Å². The van der Waals surface area contributed by atoms with Crippen molar-refractivity contribution in [1.29, 1.82) is 0 Å². The molecule has 0 bridgehead atoms. The summed E-state index contributed by atoms with van der Waals surface area (Å²) in [5.74, 6) is -1.25. The maximum absolute atomic E-state index is 13.9. The minimum absolute atomic E-state index is 0.0866. The molecule has 0 saturated carbocycles. The highest BCUT2D eigenvalue weighted by atomic mass is 32.2. The van der Waals surface area contributed by atoms with Crippen molar-refractivity contribution in [1.82, 2.24) is 13.8 Å². The quantitative estimate of drug-likeness (QED) is 0.425. The molecule has 0 N–H and O–H groups in total. The third-order valence-electron chi connectivity index (χ3n) is 6.93. The molecule has 1 unspecified atom stereocenters. The zero-order valence-corrected chi connectivity index (χ0v) is 22.9. The Hall–Kier alpha value is -3.51. The molecule has 0 aliphatic carbocycles. The number of hydrogen-bond acceptors (Lipinski definition) is 8. The highest BCUT2D eigenvalue weighted by molar-refractivity contribution is 8.01. The van der Waals surface area contributed by atoms with Gasteiger partial charge in [0.2, 0.25) is 0 Å². The number of esters is 2. The van der Waals surface area contributed by atoms with E-state index in [9.17, 15) is 22.8 Å². The molecule has 5 rings (SSSR count). The van der Waals surface area contributed by atoms with Crippen LogP contribution in [0.3, 0.4) is 0 Å². The normalized spacial score (nSPS) is 22.5. The van der Waals surface area contributed by atoms with Gasteiger partial charge in [-0.1, -0.05) is 36.4 Å². The van der Waals surface area contributed by atoms with Crippen LogP contribution in [0.25, 0.3) is 10.9 Å². The lowest BCUT2D eigenvalue weighted by molar-refractivity contribution is -0.148. The van der Waals surface area contributed by atoms with Crippen molar-refractivity contribution in [3.8, 4) is 0 Å². The Morgan fingerprint density at radius 2 is 1.61 bits per heavy atom. The maximum atomic E-state index is 13.9. The molecule has 200 valence electrons. The highest BCUT2D eigenvalue weighted by Crippen LogP contribution is 2.51. The molecular formula is C26H27N3O7S2. The van der Waals surface area contributed by atoms with Gasteiger partial charge in [-0.15, -0.1) is 11.8 Å². The summed E-state index contributed by atoms with van der Waals surface area (Å²) in [6.07, 6.45) is 0. The van der Waals surface area contributed by atoms with Gasteiger partial charge in [-0.25, -0.2) is 26.8 Å². The largest absolute Gasteiger partial charge is 0.467 e. The van der Waals surface area contributed by atoms with Crippen molar-refractivity contribution in [3.05, 3.63) is 66.4 Å². The van der Waals surface area contributed by atoms with Gasteiger partial charge in [-0.3, -0.25) is 4.90 Å². The minimum Gasteiger partial charge on any atom is -0.467 e. The first-order valence-corrected chi connectivity index (χ1v) is 14.2. The van der Waals surface area contributed by atoms with Crippen LogP contribution in [0.15, 0.2) is 65.6 Å². The number of urea groups is 1. The Kier molecular flexibility index (Phi) is 6.42. The number of amides is 2. The van der Waals surface area contributed by atoms with Crippen molar-refractivity contribution < 1.29 is 32.3 Å². The fourth-order valence-electron chi connectivity index (χ4n) is 5.26. The average Bonchev–Trinajstić information content (AvgIpc) is 3.49. The first kappa shape index (κ1) is 26.1. The molecule has 3 aromatic rings. The molecule has 10 nitrogen and oxygen atoms in total. The van der Waals surface area contributed by atoms with Crippen LogP contribution >= 0.6 is 11.8 Å². The summed E-state index contributed by atoms with van der Waals surface area (Å²) in [6, 6.07) is 14.1. The summed E-state index contributed by atoms with van der Waals surface area (Å²) in [7, 11) is -1.57. The number of rotatable bonds is 6. The SMILES string of the molecule is COC(=O)C1N2C(=O)N(Cc3cc4ccccc4n3S(=O)(=O)c3ccccc3)[C@H](C(=O)OC)[C@H]2SC1(C)C. The number of methoxy groups -OCH3 is 2. The van der Waals surface area contributed by atoms with E-state index in [4.69, 9.17) is 9.47 Å². The third-order valence-corrected chi connectivity index (χ3v) is 10.3. The molecule has 2 aliphatic rings. The summed E-state index contributed by atoms with van der Waals surface area (Å²) >= 11 is 1.31. The van der Waals surface area contributed by atoms with Gasteiger partial charge in [0.15, 0.2) is 6.04 Å². The topological polar surface area (TPSA) is 115 Å². The van der Waals surface area contributed by atoms with Gasteiger partial charge in [0, 0.05) is 10.1 Å².